The van der Waals surface area contributed by atoms with E-state index in [0.29, 0.717) is 34.9 Å². The van der Waals surface area contributed by atoms with Crippen molar-refractivity contribution in [2.75, 3.05) is 20.3 Å². The summed E-state index contributed by atoms with van der Waals surface area (Å²) in [6.45, 7) is 6.34. The number of urea groups is 1. The summed E-state index contributed by atoms with van der Waals surface area (Å²) in [5, 5.41) is 5.46. The van der Waals surface area contributed by atoms with Gasteiger partial charge in [0.2, 0.25) is 0 Å². The minimum atomic E-state index is -0.732. The lowest BCUT2D eigenvalue weighted by molar-refractivity contribution is -0.142. The lowest BCUT2D eigenvalue weighted by Gasteiger charge is -2.30. The zero-order valence-corrected chi connectivity index (χ0v) is 17.2. The number of carbonyl (C=O) groups is 2. The van der Waals surface area contributed by atoms with E-state index in [2.05, 4.69) is 10.6 Å². The van der Waals surface area contributed by atoms with Crippen molar-refractivity contribution in [3.05, 3.63) is 35.0 Å². The minimum absolute atomic E-state index is 0.0823. The number of allylic oxidation sites excluding steroid dienone is 1. The molecule has 2 heterocycles. The molecule has 0 aliphatic carbocycles. The smallest absolute Gasteiger partial charge is 0.338 e. The summed E-state index contributed by atoms with van der Waals surface area (Å²) in [4.78, 5) is 25.1. The van der Waals surface area contributed by atoms with Crippen molar-refractivity contribution in [3.63, 3.8) is 0 Å². The SMILES string of the molecule is COc1cccc([C@H]2NC(=O)NC(C)=C2C(=O)OC[C@H]2CCCO2)c1OC(C)C. The Kier molecular flexibility index (Phi) is 6.64. The van der Waals surface area contributed by atoms with E-state index in [1.54, 1.807) is 32.2 Å². The van der Waals surface area contributed by atoms with Gasteiger partial charge in [0, 0.05) is 17.9 Å². The van der Waals surface area contributed by atoms with Crippen LogP contribution >= 0.6 is 0 Å². The largest absolute Gasteiger partial charge is 0.493 e. The molecule has 0 aromatic heterocycles. The molecule has 0 unspecified atom stereocenters. The van der Waals surface area contributed by atoms with Gasteiger partial charge in [-0.15, -0.1) is 0 Å². The van der Waals surface area contributed by atoms with E-state index < -0.39 is 18.0 Å². The summed E-state index contributed by atoms with van der Waals surface area (Å²) in [7, 11) is 1.55. The molecule has 1 aromatic carbocycles. The number of para-hydroxylation sites is 1. The third kappa shape index (κ3) is 4.82. The Balaban J connectivity index is 1.94. The molecular weight excluding hydrogens is 376 g/mol. The standard InChI is InChI=1S/C21H28N2O6/c1-12(2)29-19-15(8-5-9-16(19)26-4)18-17(13(3)22-21(25)23-18)20(24)28-11-14-7-6-10-27-14/h5,8-9,12,14,18H,6-7,10-11H2,1-4H3,(H2,22,23,25)/t14-,18-/m1/s1. The molecule has 2 aliphatic rings. The summed E-state index contributed by atoms with van der Waals surface area (Å²) in [5.41, 5.74) is 1.38. The molecule has 0 spiro atoms. The van der Waals surface area contributed by atoms with Crippen LogP contribution in [0.25, 0.3) is 0 Å². The van der Waals surface area contributed by atoms with Crippen LogP contribution in [0.3, 0.4) is 0 Å². The Labute approximate surface area is 170 Å². The van der Waals surface area contributed by atoms with Crippen LogP contribution in [0.1, 0.15) is 45.2 Å². The van der Waals surface area contributed by atoms with Gasteiger partial charge in [-0.25, -0.2) is 9.59 Å². The lowest BCUT2D eigenvalue weighted by Crippen LogP contribution is -2.45. The first kappa shape index (κ1) is 21.0. The summed E-state index contributed by atoms with van der Waals surface area (Å²) < 4.78 is 22.4. The van der Waals surface area contributed by atoms with E-state index in [9.17, 15) is 9.59 Å². The maximum atomic E-state index is 12.9. The van der Waals surface area contributed by atoms with Crippen LogP contribution in [-0.4, -0.2) is 44.5 Å². The van der Waals surface area contributed by atoms with E-state index in [1.165, 1.54) is 0 Å². The molecule has 2 aliphatic heterocycles. The maximum absolute atomic E-state index is 12.9. The van der Waals surface area contributed by atoms with Crippen molar-refractivity contribution in [2.24, 2.45) is 0 Å². The first-order valence-electron chi connectivity index (χ1n) is 9.81. The highest BCUT2D eigenvalue weighted by Crippen LogP contribution is 2.39. The molecule has 1 saturated heterocycles. The normalized spacial score (nSPS) is 21.6. The van der Waals surface area contributed by atoms with Crippen molar-refractivity contribution in [1.82, 2.24) is 10.6 Å². The van der Waals surface area contributed by atoms with Gasteiger partial charge in [-0.2, -0.15) is 0 Å². The van der Waals surface area contributed by atoms with Gasteiger partial charge >= 0.3 is 12.0 Å². The minimum Gasteiger partial charge on any atom is -0.493 e. The van der Waals surface area contributed by atoms with E-state index >= 15 is 0 Å². The van der Waals surface area contributed by atoms with E-state index in [-0.39, 0.29) is 18.8 Å². The van der Waals surface area contributed by atoms with E-state index in [1.807, 2.05) is 13.8 Å². The maximum Gasteiger partial charge on any atom is 0.338 e. The van der Waals surface area contributed by atoms with Gasteiger partial charge in [0.15, 0.2) is 11.5 Å². The number of carbonyl (C=O) groups excluding carboxylic acids is 2. The average Bonchev–Trinajstić information content (AvgIpc) is 3.19. The highest BCUT2D eigenvalue weighted by Gasteiger charge is 2.35. The molecule has 1 aromatic rings. The van der Waals surface area contributed by atoms with Crippen molar-refractivity contribution < 1.29 is 28.5 Å². The molecule has 2 atom stereocenters. The quantitative estimate of drug-likeness (QED) is 0.679. The van der Waals surface area contributed by atoms with Crippen LogP contribution < -0.4 is 20.1 Å². The van der Waals surface area contributed by atoms with Crippen molar-refractivity contribution in [3.8, 4) is 11.5 Å². The highest BCUT2D eigenvalue weighted by atomic mass is 16.6. The number of hydrogen-bond acceptors (Lipinski definition) is 6. The number of rotatable bonds is 7. The predicted molar refractivity (Wildman–Crippen MR) is 106 cm³/mol. The van der Waals surface area contributed by atoms with Gasteiger partial charge in [-0.1, -0.05) is 12.1 Å². The first-order valence-corrected chi connectivity index (χ1v) is 9.81. The Hall–Kier alpha value is -2.74. The molecule has 0 bridgehead atoms. The molecule has 0 saturated carbocycles. The molecule has 158 valence electrons. The number of esters is 1. The second-order valence-electron chi connectivity index (χ2n) is 7.35. The van der Waals surface area contributed by atoms with Gasteiger partial charge in [-0.05, 0) is 39.7 Å². The first-order chi connectivity index (χ1) is 13.9. The molecule has 3 rings (SSSR count). The van der Waals surface area contributed by atoms with Gasteiger partial charge in [0.25, 0.3) is 0 Å². The fourth-order valence-corrected chi connectivity index (χ4v) is 3.50. The zero-order valence-electron chi connectivity index (χ0n) is 17.2. The van der Waals surface area contributed by atoms with Crippen LogP contribution in [0.4, 0.5) is 4.79 Å². The highest BCUT2D eigenvalue weighted by molar-refractivity contribution is 5.95. The van der Waals surface area contributed by atoms with E-state index in [0.717, 1.165) is 12.8 Å². The number of methoxy groups -OCH3 is 1. The molecule has 2 N–H and O–H groups in total. The van der Waals surface area contributed by atoms with Crippen LogP contribution in [0.2, 0.25) is 0 Å². The number of amides is 2. The fourth-order valence-electron chi connectivity index (χ4n) is 3.50. The molecule has 8 heteroatoms. The monoisotopic (exact) mass is 404 g/mol. The van der Waals surface area contributed by atoms with Crippen molar-refractivity contribution >= 4 is 12.0 Å². The average molecular weight is 404 g/mol. The van der Waals surface area contributed by atoms with Gasteiger partial charge in [0.1, 0.15) is 6.61 Å². The third-order valence-electron chi connectivity index (χ3n) is 4.81. The van der Waals surface area contributed by atoms with E-state index in [4.69, 9.17) is 18.9 Å². The van der Waals surface area contributed by atoms with Gasteiger partial charge in [0.05, 0.1) is 30.9 Å². The third-order valence-corrected chi connectivity index (χ3v) is 4.81. The zero-order chi connectivity index (χ0) is 21.0. The Morgan fingerprint density at radius 2 is 2.14 bits per heavy atom. The van der Waals surface area contributed by atoms with Gasteiger partial charge in [-0.3, -0.25) is 0 Å². The van der Waals surface area contributed by atoms with Crippen molar-refractivity contribution in [1.29, 1.82) is 0 Å². The molecule has 2 amide bonds. The molecule has 29 heavy (non-hydrogen) atoms. The molecule has 8 nitrogen and oxygen atoms in total. The lowest BCUT2D eigenvalue weighted by atomic mass is 9.94. The summed E-state index contributed by atoms with van der Waals surface area (Å²) >= 11 is 0. The fraction of sp³-hybridized carbons (Fsp3) is 0.524. The Morgan fingerprint density at radius 1 is 1.34 bits per heavy atom. The second-order valence-corrected chi connectivity index (χ2v) is 7.35. The van der Waals surface area contributed by atoms with Crippen molar-refractivity contribution in [2.45, 2.75) is 51.9 Å². The number of hydrogen-bond donors (Lipinski definition) is 2. The van der Waals surface area contributed by atoms with Crippen LogP contribution in [0, 0.1) is 0 Å². The van der Waals surface area contributed by atoms with Crippen LogP contribution in [0.15, 0.2) is 29.5 Å². The molecule has 1 fully saturated rings. The molecule has 0 radical (unpaired) electrons. The Bertz CT molecular complexity index is 798. The number of benzene rings is 1. The topological polar surface area (TPSA) is 95.1 Å². The van der Waals surface area contributed by atoms with Crippen LogP contribution in [0.5, 0.6) is 11.5 Å². The summed E-state index contributed by atoms with van der Waals surface area (Å²) in [5.74, 6) is 0.497. The summed E-state index contributed by atoms with van der Waals surface area (Å²) in [6.07, 6.45) is 1.62. The predicted octanol–water partition coefficient (Wildman–Crippen LogP) is 2.83. The van der Waals surface area contributed by atoms with Gasteiger partial charge < -0.3 is 29.6 Å². The number of nitrogens with one attached hydrogen (secondary N) is 2. The molecular formula is C21H28N2O6. The number of ether oxygens (including phenoxy) is 4. The Morgan fingerprint density at radius 3 is 2.79 bits per heavy atom. The summed E-state index contributed by atoms with van der Waals surface area (Å²) in [6, 6.07) is 4.24. The van der Waals surface area contributed by atoms with Crippen LogP contribution in [-0.2, 0) is 14.3 Å². The second kappa shape index (κ2) is 9.17.